The van der Waals surface area contributed by atoms with Crippen LogP contribution >= 0.6 is 0 Å². The van der Waals surface area contributed by atoms with Crippen LogP contribution in [0.4, 0.5) is 0 Å². The van der Waals surface area contributed by atoms with Crippen LogP contribution in [0.25, 0.3) is 0 Å². The first-order valence-electron chi connectivity index (χ1n) is 25.9. The Morgan fingerprint density at radius 3 is 1.05 bits per heavy atom. The molecule has 0 aliphatic rings. The molecule has 0 bridgehead atoms. The number of rotatable bonds is 46. The minimum Gasteiger partial charge on any atom is -0.462 e. The van der Waals surface area contributed by atoms with Crippen molar-refractivity contribution in [3.63, 3.8) is 0 Å². The van der Waals surface area contributed by atoms with Crippen LogP contribution in [0.2, 0.25) is 0 Å². The molecule has 6 heteroatoms. The molecule has 0 unspecified atom stereocenters. The molecule has 0 aliphatic heterocycles. The van der Waals surface area contributed by atoms with Gasteiger partial charge in [-0.1, -0.05) is 216 Å². The zero-order chi connectivity index (χ0) is 45.1. The summed E-state index contributed by atoms with van der Waals surface area (Å²) in [4.78, 5) is 37.9. The second-order valence-corrected chi connectivity index (χ2v) is 17.1. The Hall–Kier alpha value is -3.15. The fraction of sp³-hybridized carbons (Fsp3) is 0.732. The average Bonchev–Trinajstić information content (AvgIpc) is 3.27. The van der Waals surface area contributed by atoms with Gasteiger partial charge in [0.25, 0.3) is 0 Å². The second-order valence-electron chi connectivity index (χ2n) is 17.1. The molecule has 1 atom stereocenters. The summed E-state index contributed by atoms with van der Waals surface area (Å²) in [6.07, 6.45) is 63.2. The summed E-state index contributed by atoms with van der Waals surface area (Å²) in [5.41, 5.74) is 0. The van der Waals surface area contributed by atoms with E-state index in [0.29, 0.717) is 19.3 Å². The number of hydrogen-bond acceptors (Lipinski definition) is 6. The van der Waals surface area contributed by atoms with E-state index in [2.05, 4.69) is 93.7 Å². The van der Waals surface area contributed by atoms with E-state index in [0.717, 1.165) is 96.3 Å². The number of allylic oxidation sites excluding steroid dienone is 12. The lowest BCUT2D eigenvalue weighted by Gasteiger charge is -2.18. The predicted molar refractivity (Wildman–Crippen MR) is 265 cm³/mol. The van der Waals surface area contributed by atoms with Gasteiger partial charge in [-0.15, -0.1) is 0 Å². The molecule has 0 fully saturated rings. The number of unbranched alkanes of at least 4 members (excludes halogenated alkanes) is 23. The van der Waals surface area contributed by atoms with Crippen molar-refractivity contribution < 1.29 is 28.6 Å². The number of hydrogen-bond donors (Lipinski definition) is 0. The van der Waals surface area contributed by atoms with Crippen molar-refractivity contribution in [3.05, 3.63) is 72.9 Å². The van der Waals surface area contributed by atoms with Gasteiger partial charge >= 0.3 is 17.9 Å². The lowest BCUT2D eigenvalue weighted by atomic mass is 10.0. The van der Waals surface area contributed by atoms with Crippen molar-refractivity contribution in [1.82, 2.24) is 0 Å². The first-order valence-corrected chi connectivity index (χ1v) is 25.9. The highest BCUT2D eigenvalue weighted by atomic mass is 16.6. The second kappa shape index (κ2) is 50.5. The van der Waals surface area contributed by atoms with E-state index in [9.17, 15) is 14.4 Å². The Kier molecular flexibility index (Phi) is 47.9. The van der Waals surface area contributed by atoms with E-state index >= 15 is 0 Å². The molecule has 0 radical (unpaired) electrons. The van der Waals surface area contributed by atoms with E-state index in [1.54, 1.807) is 0 Å². The molecule has 356 valence electrons. The monoisotopic (exact) mass is 865 g/mol. The summed E-state index contributed by atoms with van der Waals surface area (Å²) in [6.45, 7) is 6.46. The van der Waals surface area contributed by atoms with E-state index in [4.69, 9.17) is 14.2 Å². The first kappa shape index (κ1) is 58.9. The van der Waals surface area contributed by atoms with E-state index in [1.165, 1.54) is 103 Å². The maximum absolute atomic E-state index is 12.8. The summed E-state index contributed by atoms with van der Waals surface area (Å²) < 4.78 is 16.7. The number of carbonyl (C=O) groups is 3. The molecule has 0 aromatic carbocycles. The van der Waals surface area contributed by atoms with Crippen LogP contribution in [0, 0.1) is 0 Å². The molecular formula is C56H96O6. The number of esters is 3. The lowest BCUT2D eigenvalue weighted by Crippen LogP contribution is -2.30. The van der Waals surface area contributed by atoms with Gasteiger partial charge in [-0.25, -0.2) is 0 Å². The molecule has 0 aliphatic carbocycles. The Balaban J connectivity index is 4.46. The molecular weight excluding hydrogens is 769 g/mol. The SMILES string of the molecule is CC/C=C\C/C=C\C/C=C\CCCCCCCC(=O)OC[C@H](COC(=O)CCC/C=C\C/C=C\C/C=C\CCCCCCCC)OC(=O)CCCCCCCCCCCCCC. The summed E-state index contributed by atoms with van der Waals surface area (Å²) in [6, 6.07) is 0. The molecule has 0 aromatic heterocycles. The van der Waals surface area contributed by atoms with Gasteiger partial charge in [-0.2, -0.15) is 0 Å². The topological polar surface area (TPSA) is 78.9 Å². The smallest absolute Gasteiger partial charge is 0.306 e. The third kappa shape index (κ3) is 47.9. The highest BCUT2D eigenvalue weighted by Gasteiger charge is 2.19. The van der Waals surface area contributed by atoms with Crippen molar-refractivity contribution in [2.75, 3.05) is 13.2 Å². The molecule has 0 amide bonds. The fourth-order valence-corrected chi connectivity index (χ4v) is 7.06. The zero-order valence-corrected chi connectivity index (χ0v) is 40.6. The fourth-order valence-electron chi connectivity index (χ4n) is 7.06. The Bertz CT molecular complexity index is 1180. The minimum absolute atomic E-state index is 0.0988. The number of carbonyl (C=O) groups excluding carboxylic acids is 3. The molecule has 0 spiro atoms. The Morgan fingerprint density at radius 2 is 0.645 bits per heavy atom. The lowest BCUT2D eigenvalue weighted by molar-refractivity contribution is -0.167. The van der Waals surface area contributed by atoms with Crippen LogP contribution in [0.3, 0.4) is 0 Å². The van der Waals surface area contributed by atoms with Crippen molar-refractivity contribution >= 4 is 17.9 Å². The highest BCUT2D eigenvalue weighted by Crippen LogP contribution is 2.14. The van der Waals surface area contributed by atoms with Gasteiger partial charge in [0, 0.05) is 19.3 Å². The van der Waals surface area contributed by atoms with Crippen LogP contribution in [-0.2, 0) is 28.6 Å². The maximum atomic E-state index is 12.8. The molecule has 0 heterocycles. The van der Waals surface area contributed by atoms with E-state index in [1.807, 2.05) is 0 Å². The zero-order valence-electron chi connectivity index (χ0n) is 40.6. The van der Waals surface area contributed by atoms with Gasteiger partial charge in [0.15, 0.2) is 6.10 Å². The van der Waals surface area contributed by atoms with Crippen LogP contribution in [0.15, 0.2) is 72.9 Å². The van der Waals surface area contributed by atoms with Crippen molar-refractivity contribution in [3.8, 4) is 0 Å². The Labute approximate surface area is 382 Å². The van der Waals surface area contributed by atoms with Gasteiger partial charge in [0.1, 0.15) is 13.2 Å². The van der Waals surface area contributed by atoms with Crippen LogP contribution in [0.1, 0.15) is 245 Å². The largest absolute Gasteiger partial charge is 0.462 e. The third-order valence-corrected chi connectivity index (χ3v) is 10.9. The van der Waals surface area contributed by atoms with Crippen LogP contribution < -0.4 is 0 Å². The van der Waals surface area contributed by atoms with Crippen molar-refractivity contribution in [2.24, 2.45) is 0 Å². The Morgan fingerprint density at radius 1 is 0.339 bits per heavy atom. The summed E-state index contributed by atoms with van der Waals surface area (Å²) in [5.74, 6) is -0.966. The number of ether oxygens (including phenoxy) is 3. The van der Waals surface area contributed by atoms with Crippen LogP contribution in [-0.4, -0.2) is 37.2 Å². The van der Waals surface area contributed by atoms with Crippen molar-refractivity contribution in [2.45, 2.75) is 252 Å². The van der Waals surface area contributed by atoms with Gasteiger partial charge < -0.3 is 14.2 Å². The standard InChI is InChI=1S/C56H96O6/c1-4-7-10-13-16-19-22-25-27-28-30-32-35-37-40-43-46-49-55(58)61-52-53(62-56(59)50-47-44-41-38-33-24-21-18-15-12-9-6-3)51-60-54(57)48-45-42-39-36-34-31-29-26-23-20-17-14-11-8-5-2/h8,11,17,20,25-27,29-30,32,37,40,53H,4-7,9-10,12-16,18-19,21-24,28,31,33-36,38-39,41-52H2,1-3H3/b11-8-,20-17-,27-25-,29-26-,32-30-,40-37-/t53-/m1/s1. The molecule has 0 saturated carbocycles. The summed E-state index contributed by atoms with van der Waals surface area (Å²) in [7, 11) is 0. The van der Waals surface area contributed by atoms with E-state index < -0.39 is 6.10 Å². The third-order valence-electron chi connectivity index (χ3n) is 10.9. The van der Waals surface area contributed by atoms with Gasteiger partial charge in [0.2, 0.25) is 0 Å². The molecule has 0 saturated heterocycles. The first-order chi connectivity index (χ1) is 30.5. The van der Waals surface area contributed by atoms with Gasteiger partial charge in [0.05, 0.1) is 0 Å². The summed E-state index contributed by atoms with van der Waals surface area (Å²) in [5, 5.41) is 0. The van der Waals surface area contributed by atoms with Crippen LogP contribution in [0.5, 0.6) is 0 Å². The minimum atomic E-state index is -0.800. The molecule has 6 nitrogen and oxygen atoms in total. The van der Waals surface area contributed by atoms with Crippen molar-refractivity contribution in [1.29, 1.82) is 0 Å². The van der Waals surface area contributed by atoms with Gasteiger partial charge in [-0.05, 0) is 83.5 Å². The maximum Gasteiger partial charge on any atom is 0.306 e. The van der Waals surface area contributed by atoms with Gasteiger partial charge in [-0.3, -0.25) is 14.4 Å². The molecule has 0 aromatic rings. The summed E-state index contributed by atoms with van der Waals surface area (Å²) >= 11 is 0. The molecule has 0 rings (SSSR count). The van der Waals surface area contributed by atoms with E-state index in [-0.39, 0.29) is 37.5 Å². The highest BCUT2D eigenvalue weighted by molar-refractivity contribution is 5.71. The predicted octanol–water partition coefficient (Wildman–Crippen LogP) is 17.0. The average molecular weight is 865 g/mol. The molecule has 62 heavy (non-hydrogen) atoms. The molecule has 0 N–H and O–H groups in total. The normalized spacial score (nSPS) is 12.6. The quantitative estimate of drug-likeness (QED) is 0.0262.